The number of hydrogen-bond donors (Lipinski definition) is 0. The smallest absolute Gasteiger partial charge is 0.298 e. The number of anilines is 1. The van der Waals surface area contributed by atoms with Crippen LogP contribution in [0.25, 0.3) is 10.2 Å². The molecule has 5 rings (SSSR count). The van der Waals surface area contributed by atoms with E-state index in [1.165, 1.54) is 11.3 Å². The molecule has 8 nitrogen and oxygen atoms in total. The van der Waals surface area contributed by atoms with Crippen LogP contribution in [0.1, 0.15) is 42.6 Å². The number of fused-ring (bicyclic) bond motifs is 2. The summed E-state index contributed by atoms with van der Waals surface area (Å²) in [6.07, 6.45) is 3.85. The van der Waals surface area contributed by atoms with Gasteiger partial charge in [-0.3, -0.25) is 9.69 Å². The van der Waals surface area contributed by atoms with Crippen LogP contribution in [0.3, 0.4) is 0 Å². The van der Waals surface area contributed by atoms with Gasteiger partial charge in [-0.15, -0.1) is 10.2 Å². The van der Waals surface area contributed by atoms with E-state index in [-0.39, 0.29) is 12.0 Å². The first-order valence-corrected chi connectivity index (χ1v) is 10.9. The van der Waals surface area contributed by atoms with Crippen molar-refractivity contribution in [2.24, 2.45) is 0 Å². The van der Waals surface area contributed by atoms with Crippen molar-refractivity contribution in [3.05, 3.63) is 29.8 Å². The Balaban J connectivity index is 1.51. The Morgan fingerprint density at radius 2 is 2.31 bits per heavy atom. The Labute approximate surface area is 172 Å². The Bertz CT molecular complexity index is 1040. The van der Waals surface area contributed by atoms with Crippen LogP contribution in [-0.2, 0) is 17.7 Å². The molecule has 3 aromatic rings. The van der Waals surface area contributed by atoms with E-state index >= 15 is 0 Å². The van der Waals surface area contributed by atoms with E-state index in [1.54, 1.807) is 4.90 Å². The second-order valence-electron chi connectivity index (χ2n) is 7.30. The first-order valence-electron chi connectivity index (χ1n) is 10.1. The third kappa shape index (κ3) is 3.49. The van der Waals surface area contributed by atoms with Crippen LogP contribution in [0.2, 0.25) is 0 Å². The largest absolute Gasteiger partial charge is 0.494 e. The maximum absolute atomic E-state index is 13.5. The third-order valence-electron chi connectivity index (χ3n) is 5.35. The van der Waals surface area contributed by atoms with E-state index in [0.29, 0.717) is 24.1 Å². The molecule has 1 aromatic carbocycles. The van der Waals surface area contributed by atoms with Gasteiger partial charge in [0.15, 0.2) is 5.13 Å². The highest BCUT2D eigenvalue weighted by Crippen LogP contribution is 2.33. The molecule has 1 amide bonds. The lowest BCUT2D eigenvalue weighted by Gasteiger charge is -2.22. The van der Waals surface area contributed by atoms with Crippen LogP contribution in [-0.4, -0.2) is 51.5 Å². The van der Waals surface area contributed by atoms with Gasteiger partial charge in [-0.2, -0.15) is 0 Å². The molecule has 2 aliphatic heterocycles. The van der Waals surface area contributed by atoms with E-state index in [2.05, 4.69) is 10.2 Å². The minimum absolute atomic E-state index is 0.0194. The summed E-state index contributed by atoms with van der Waals surface area (Å²) in [5.74, 6) is 1.92. The summed E-state index contributed by atoms with van der Waals surface area (Å²) in [4.78, 5) is 19.9. The van der Waals surface area contributed by atoms with Crippen molar-refractivity contribution in [1.82, 2.24) is 19.7 Å². The molecule has 1 fully saturated rings. The van der Waals surface area contributed by atoms with Gasteiger partial charge >= 0.3 is 0 Å². The van der Waals surface area contributed by atoms with E-state index < -0.39 is 0 Å². The number of benzene rings is 1. The zero-order chi connectivity index (χ0) is 19.8. The number of thiazole rings is 1. The number of ether oxygens (including phenoxy) is 2. The van der Waals surface area contributed by atoms with Crippen molar-refractivity contribution in [1.29, 1.82) is 0 Å². The lowest BCUT2D eigenvalue weighted by atomic mass is 10.2. The van der Waals surface area contributed by atoms with Gasteiger partial charge in [-0.25, -0.2) is 4.98 Å². The fraction of sp³-hybridized carbons (Fsp3) is 0.500. The highest BCUT2D eigenvalue weighted by molar-refractivity contribution is 7.22. The van der Waals surface area contributed by atoms with Crippen molar-refractivity contribution in [3.8, 4) is 5.75 Å². The van der Waals surface area contributed by atoms with Gasteiger partial charge in [0, 0.05) is 19.6 Å². The predicted molar refractivity (Wildman–Crippen MR) is 110 cm³/mol. The number of nitrogens with zero attached hydrogens (tertiary/aromatic N) is 5. The first-order chi connectivity index (χ1) is 14.2. The summed E-state index contributed by atoms with van der Waals surface area (Å²) < 4.78 is 14.3. The molecule has 1 unspecified atom stereocenters. The number of carbonyl (C=O) groups is 1. The highest BCUT2D eigenvalue weighted by Gasteiger charge is 2.31. The van der Waals surface area contributed by atoms with E-state index in [0.717, 1.165) is 60.6 Å². The molecule has 4 heterocycles. The van der Waals surface area contributed by atoms with Gasteiger partial charge in [0.25, 0.3) is 5.91 Å². The minimum atomic E-state index is -0.162. The van der Waals surface area contributed by atoms with E-state index in [9.17, 15) is 4.79 Å². The molecule has 0 spiro atoms. The van der Waals surface area contributed by atoms with E-state index in [4.69, 9.17) is 14.5 Å². The predicted octanol–water partition coefficient (Wildman–Crippen LogP) is 3.06. The average molecular weight is 414 g/mol. The SMILES string of the molecule is CCOc1ccc2nc(N(CC3CCCO3)C(=O)c3nnc4n3CCC4)sc2c1. The van der Waals surface area contributed by atoms with Gasteiger partial charge in [-0.1, -0.05) is 11.3 Å². The number of amides is 1. The molecule has 29 heavy (non-hydrogen) atoms. The fourth-order valence-corrected chi connectivity index (χ4v) is 4.94. The zero-order valence-electron chi connectivity index (χ0n) is 16.3. The number of rotatable bonds is 6. The molecule has 0 aliphatic carbocycles. The second kappa shape index (κ2) is 7.72. The molecule has 0 radical (unpaired) electrons. The van der Waals surface area contributed by atoms with Crippen LogP contribution in [0.5, 0.6) is 5.75 Å². The summed E-state index contributed by atoms with van der Waals surface area (Å²) in [5, 5.41) is 9.05. The van der Waals surface area contributed by atoms with Gasteiger partial charge in [-0.05, 0) is 44.4 Å². The fourth-order valence-electron chi connectivity index (χ4n) is 3.93. The zero-order valence-corrected chi connectivity index (χ0v) is 17.2. The molecule has 2 aromatic heterocycles. The summed E-state index contributed by atoms with van der Waals surface area (Å²) in [6.45, 7) is 4.57. The lowest BCUT2D eigenvalue weighted by Crippen LogP contribution is -2.38. The average Bonchev–Trinajstić information content (AvgIpc) is 3.49. The molecular formula is C20H23N5O3S. The number of hydrogen-bond acceptors (Lipinski definition) is 7. The third-order valence-corrected chi connectivity index (χ3v) is 6.39. The Morgan fingerprint density at radius 1 is 1.38 bits per heavy atom. The van der Waals surface area contributed by atoms with Crippen LogP contribution in [0.4, 0.5) is 5.13 Å². The van der Waals surface area contributed by atoms with Crippen LogP contribution in [0, 0.1) is 0 Å². The van der Waals surface area contributed by atoms with Crippen molar-refractivity contribution in [3.63, 3.8) is 0 Å². The summed E-state index contributed by atoms with van der Waals surface area (Å²) >= 11 is 1.49. The molecule has 0 N–H and O–H groups in total. The number of carbonyl (C=O) groups excluding carboxylic acids is 1. The maximum Gasteiger partial charge on any atom is 0.298 e. The maximum atomic E-state index is 13.5. The summed E-state index contributed by atoms with van der Waals surface area (Å²) in [6, 6.07) is 5.82. The van der Waals surface area contributed by atoms with Crippen LogP contribution in [0.15, 0.2) is 18.2 Å². The Kier molecular flexibility index (Phi) is 4.92. The van der Waals surface area contributed by atoms with Gasteiger partial charge in [0.2, 0.25) is 5.82 Å². The van der Waals surface area contributed by atoms with Gasteiger partial charge in [0.1, 0.15) is 11.6 Å². The number of aryl methyl sites for hydroxylation is 1. The van der Waals surface area contributed by atoms with Gasteiger partial charge in [0.05, 0.1) is 29.5 Å². The standard InChI is InChI=1S/C20H23N5O3S/c1-2-27-13-7-8-15-16(11-13)29-20(21-15)25(12-14-5-4-10-28-14)19(26)18-23-22-17-6-3-9-24(17)18/h7-8,11,14H,2-6,9-10,12H2,1H3. The first kappa shape index (κ1) is 18.5. The highest BCUT2D eigenvalue weighted by atomic mass is 32.1. The van der Waals surface area contributed by atoms with Crippen LogP contribution < -0.4 is 9.64 Å². The van der Waals surface area contributed by atoms with Crippen molar-refractivity contribution in [2.75, 3.05) is 24.7 Å². The minimum Gasteiger partial charge on any atom is -0.494 e. The van der Waals surface area contributed by atoms with E-state index in [1.807, 2.05) is 29.7 Å². The number of aromatic nitrogens is 4. The second-order valence-corrected chi connectivity index (χ2v) is 8.31. The topological polar surface area (TPSA) is 82.4 Å². The molecule has 152 valence electrons. The molecule has 1 atom stereocenters. The Hall–Kier alpha value is -2.52. The quantitative estimate of drug-likeness (QED) is 0.618. The van der Waals surface area contributed by atoms with Crippen molar-refractivity contribution < 1.29 is 14.3 Å². The molecule has 2 aliphatic rings. The van der Waals surface area contributed by atoms with Gasteiger partial charge < -0.3 is 14.0 Å². The van der Waals surface area contributed by atoms with Crippen LogP contribution >= 0.6 is 11.3 Å². The molecule has 0 bridgehead atoms. The summed E-state index contributed by atoms with van der Waals surface area (Å²) in [7, 11) is 0. The molecule has 1 saturated heterocycles. The normalized spacial score (nSPS) is 18.3. The monoisotopic (exact) mass is 413 g/mol. The lowest BCUT2D eigenvalue weighted by molar-refractivity contribution is 0.0905. The van der Waals surface area contributed by atoms with Crippen molar-refractivity contribution in [2.45, 2.75) is 45.3 Å². The Morgan fingerprint density at radius 3 is 3.14 bits per heavy atom. The molecule has 9 heteroatoms. The molecule has 0 saturated carbocycles. The van der Waals surface area contributed by atoms with Crippen molar-refractivity contribution >= 4 is 32.6 Å². The summed E-state index contributed by atoms with van der Waals surface area (Å²) in [5.41, 5.74) is 0.852. The molecular weight excluding hydrogens is 390 g/mol.